The van der Waals surface area contributed by atoms with Gasteiger partial charge in [-0.15, -0.1) is 0 Å². The minimum atomic E-state index is 0.904. The van der Waals surface area contributed by atoms with Crippen LogP contribution in [0.5, 0.6) is 0 Å². The largest absolute Gasteiger partial charge is 0.309 e. The molecular weight excluding hydrogens is 274 g/mol. The van der Waals surface area contributed by atoms with E-state index in [-0.39, 0.29) is 0 Å². The smallest absolute Gasteiger partial charge is 0.0208 e. The monoisotopic (exact) mass is 289 g/mol. The Morgan fingerprint density at radius 2 is 1.65 bits per heavy atom. The first-order chi connectivity index (χ1) is 8.24. The molecule has 0 fully saturated rings. The van der Waals surface area contributed by atoms with E-state index in [0.29, 0.717) is 0 Å². The zero-order valence-corrected chi connectivity index (χ0v) is 11.5. The van der Waals surface area contributed by atoms with Gasteiger partial charge < -0.3 is 5.32 Å². The molecule has 0 radical (unpaired) electrons. The van der Waals surface area contributed by atoms with E-state index in [2.05, 4.69) is 76.7 Å². The molecule has 1 nitrogen and oxygen atoms in total. The van der Waals surface area contributed by atoms with Crippen LogP contribution in [0.25, 0.3) is 0 Å². The molecule has 0 spiro atoms. The third-order valence-corrected chi connectivity index (χ3v) is 3.18. The maximum atomic E-state index is 3.45. The molecule has 2 aromatic rings. The molecule has 0 atom stereocenters. The Bertz CT molecular complexity index is 477. The van der Waals surface area contributed by atoms with E-state index >= 15 is 0 Å². The highest BCUT2D eigenvalue weighted by Gasteiger charge is 1.95. The maximum Gasteiger partial charge on any atom is 0.0208 e. The van der Waals surface area contributed by atoms with Crippen molar-refractivity contribution in [2.24, 2.45) is 0 Å². The summed E-state index contributed by atoms with van der Waals surface area (Å²) in [4.78, 5) is 0. The van der Waals surface area contributed by atoms with Crippen molar-refractivity contribution in [3.8, 4) is 0 Å². The molecule has 0 saturated carbocycles. The van der Waals surface area contributed by atoms with Crippen molar-refractivity contribution in [3.63, 3.8) is 0 Å². The minimum absolute atomic E-state index is 0.904. The first kappa shape index (κ1) is 12.3. The number of rotatable bonds is 4. The van der Waals surface area contributed by atoms with Gasteiger partial charge in [-0.2, -0.15) is 0 Å². The van der Waals surface area contributed by atoms with Gasteiger partial charge in [0.15, 0.2) is 0 Å². The lowest BCUT2D eigenvalue weighted by molar-refractivity contribution is 0.693. The van der Waals surface area contributed by atoms with Crippen LogP contribution in [-0.4, -0.2) is 0 Å². The Morgan fingerprint density at radius 3 is 2.35 bits per heavy atom. The standard InChI is InChI=1S/C15H16BrN/c1-12-3-2-4-14(9-12)11-17-10-13-5-7-15(16)8-6-13/h2-9,17H,10-11H2,1H3. The second-order valence-electron chi connectivity index (χ2n) is 4.22. The fraction of sp³-hybridized carbons (Fsp3) is 0.200. The number of halogens is 1. The van der Waals surface area contributed by atoms with E-state index in [0.717, 1.165) is 17.6 Å². The van der Waals surface area contributed by atoms with Crippen LogP contribution in [0.15, 0.2) is 53.0 Å². The highest BCUT2D eigenvalue weighted by Crippen LogP contribution is 2.10. The zero-order valence-electron chi connectivity index (χ0n) is 9.91. The molecule has 0 amide bonds. The van der Waals surface area contributed by atoms with Gasteiger partial charge in [0.05, 0.1) is 0 Å². The van der Waals surface area contributed by atoms with Crippen LogP contribution >= 0.6 is 15.9 Å². The topological polar surface area (TPSA) is 12.0 Å². The fourth-order valence-corrected chi connectivity index (χ4v) is 2.04. The molecule has 0 aliphatic carbocycles. The first-order valence-electron chi connectivity index (χ1n) is 5.75. The van der Waals surface area contributed by atoms with E-state index in [1.807, 2.05) is 0 Å². The molecule has 0 heterocycles. The van der Waals surface area contributed by atoms with Crippen LogP contribution in [-0.2, 0) is 13.1 Å². The summed E-state index contributed by atoms with van der Waals surface area (Å²) in [5, 5.41) is 3.45. The quantitative estimate of drug-likeness (QED) is 0.896. The van der Waals surface area contributed by atoms with Gasteiger partial charge in [-0.25, -0.2) is 0 Å². The van der Waals surface area contributed by atoms with Crippen LogP contribution in [0.2, 0.25) is 0 Å². The number of aryl methyl sites for hydroxylation is 1. The van der Waals surface area contributed by atoms with Gasteiger partial charge in [-0.05, 0) is 30.2 Å². The number of nitrogens with one attached hydrogen (secondary N) is 1. The Hall–Kier alpha value is -1.12. The molecule has 1 N–H and O–H groups in total. The zero-order chi connectivity index (χ0) is 12.1. The van der Waals surface area contributed by atoms with E-state index in [9.17, 15) is 0 Å². The lowest BCUT2D eigenvalue weighted by atomic mass is 10.1. The lowest BCUT2D eigenvalue weighted by Gasteiger charge is -2.06. The molecule has 0 saturated heterocycles. The third kappa shape index (κ3) is 3.99. The Labute approximate surface area is 111 Å². The first-order valence-corrected chi connectivity index (χ1v) is 6.54. The van der Waals surface area contributed by atoms with Gasteiger partial charge in [0.1, 0.15) is 0 Å². The normalized spacial score (nSPS) is 10.5. The summed E-state index contributed by atoms with van der Waals surface area (Å²) in [6.07, 6.45) is 0. The second-order valence-corrected chi connectivity index (χ2v) is 5.13. The van der Waals surface area contributed by atoms with E-state index in [1.165, 1.54) is 16.7 Å². The van der Waals surface area contributed by atoms with E-state index < -0.39 is 0 Å². The fourth-order valence-electron chi connectivity index (χ4n) is 1.78. The minimum Gasteiger partial charge on any atom is -0.309 e. The molecule has 17 heavy (non-hydrogen) atoms. The van der Waals surface area contributed by atoms with Crippen LogP contribution in [0.3, 0.4) is 0 Å². The SMILES string of the molecule is Cc1cccc(CNCc2ccc(Br)cc2)c1. The molecule has 0 bridgehead atoms. The van der Waals surface area contributed by atoms with Crippen molar-refractivity contribution in [3.05, 3.63) is 69.7 Å². The Kier molecular flexibility index (Phi) is 4.35. The molecule has 2 rings (SSSR count). The molecule has 0 aromatic heterocycles. The van der Waals surface area contributed by atoms with Crippen LogP contribution in [0.1, 0.15) is 16.7 Å². The summed E-state index contributed by atoms with van der Waals surface area (Å²) in [5.74, 6) is 0. The summed E-state index contributed by atoms with van der Waals surface area (Å²) < 4.78 is 1.12. The number of hydrogen-bond donors (Lipinski definition) is 1. The average molecular weight is 290 g/mol. The predicted octanol–water partition coefficient (Wildman–Crippen LogP) is 4.05. The Morgan fingerprint density at radius 1 is 0.941 bits per heavy atom. The van der Waals surface area contributed by atoms with Gasteiger partial charge in [-0.3, -0.25) is 0 Å². The highest BCUT2D eigenvalue weighted by molar-refractivity contribution is 9.10. The van der Waals surface area contributed by atoms with Crippen molar-refractivity contribution >= 4 is 15.9 Å². The molecular formula is C15H16BrN. The van der Waals surface area contributed by atoms with Crippen molar-refractivity contribution in [1.82, 2.24) is 5.32 Å². The van der Waals surface area contributed by atoms with Crippen molar-refractivity contribution in [2.45, 2.75) is 20.0 Å². The van der Waals surface area contributed by atoms with Gasteiger partial charge in [0.2, 0.25) is 0 Å². The van der Waals surface area contributed by atoms with Gasteiger partial charge in [0, 0.05) is 17.6 Å². The predicted molar refractivity (Wildman–Crippen MR) is 75.9 cm³/mol. The molecule has 88 valence electrons. The summed E-state index contributed by atoms with van der Waals surface area (Å²) in [6, 6.07) is 17.0. The summed E-state index contributed by atoms with van der Waals surface area (Å²) in [5.41, 5.74) is 3.95. The molecule has 0 unspecified atom stereocenters. The average Bonchev–Trinajstić information content (AvgIpc) is 2.32. The molecule has 0 aliphatic rings. The maximum absolute atomic E-state index is 3.45. The van der Waals surface area contributed by atoms with Crippen molar-refractivity contribution in [2.75, 3.05) is 0 Å². The van der Waals surface area contributed by atoms with Crippen molar-refractivity contribution < 1.29 is 0 Å². The van der Waals surface area contributed by atoms with Gasteiger partial charge in [0.25, 0.3) is 0 Å². The number of benzene rings is 2. The summed E-state index contributed by atoms with van der Waals surface area (Å²) in [7, 11) is 0. The summed E-state index contributed by atoms with van der Waals surface area (Å²) in [6.45, 7) is 3.94. The van der Waals surface area contributed by atoms with Crippen LogP contribution in [0, 0.1) is 6.92 Å². The Balaban J connectivity index is 1.85. The molecule has 2 aromatic carbocycles. The molecule has 2 heteroatoms. The van der Waals surface area contributed by atoms with Gasteiger partial charge in [-0.1, -0.05) is 57.9 Å². The highest BCUT2D eigenvalue weighted by atomic mass is 79.9. The third-order valence-electron chi connectivity index (χ3n) is 2.65. The number of hydrogen-bond acceptors (Lipinski definition) is 1. The van der Waals surface area contributed by atoms with Crippen LogP contribution in [0.4, 0.5) is 0 Å². The van der Waals surface area contributed by atoms with E-state index in [4.69, 9.17) is 0 Å². The molecule has 0 aliphatic heterocycles. The van der Waals surface area contributed by atoms with Crippen molar-refractivity contribution in [1.29, 1.82) is 0 Å². The lowest BCUT2D eigenvalue weighted by Crippen LogP contribution is -2.12. The van der Waals surface area contributed by atoms with Gasteiger partial charge >= 0.3 is 0 Å². The van der Waals surface area contributed by atoms with E-state index in [1.54, 1.807) is 0 Å². The second kappa shape index (κ2) is 5.99. The van der Waals surface area contributed by atoms with Crippen LogP contribution < -0.4 is 5.32 Å². The summed E-state index contributed by atoms with van der Waals surface area (Å²) >= 11 is 3.44.